The van der Waals surface area contributed by atoms with Crippen molar-refractivity contribution >= 4 is 23.4 Å². The van der Waals surface area contributed by atoms with E-state index in [1.807, 2.05) is 61.2 Å². The van der Waals surface area contributed by atoms with Gasteiger partial charge in [-0.05, 0) is 42.3 Å². The van der Waals surface area contributed by atoms with Crippen LogP contribution in [-0.2, 0) is 17.0 Å². The SMILES string of the molecule is Cc1ccc(CC(=O)Nc2ccc(CSc3ccccc3)cc2)cc1. The molecule has 0 aromatic heterocycles. The average Bonchev–Trinajstić information content (AvgIpc) is 2.64. The topological polar surface area (TPSA) is 29.1 Å². The van der Waals surface area contributed by atoms with Gasteiger partial charge in [0.05, 0.1) is 6.42 Å². The van der Waals surface area contributed by atoms with Crippen molar-refractivity contribution in [3.63, 3.8) is 0 Å². The van der Waals surface area contributed by atoms with E-state index in [2.05, 4.69) is 41.7 Å². The van der Waals surface area contributed by atoms with Crippen molar-refractivity contribution in [1.82, 2.24) is 0 Å². The van der Waals surface area contributed by atoms with Crippen LogP contribution in [0.4, 0.5) is 5.69 Å². The van der Waals surface area contributed by atoms with Gasteiger partial charge in [0, 0.05) is 16.3 Å². The highest BCUT2D eigenvalue weighted by Crippen LogP contribution is 2.23. The number of thioether (sulfide) groups is 1. The molecule has 0 spiro atoms. The van der Waals surface area contributed by atoms with Gasteiger partial charge in [0.2, 0.25) is 5.91 Å². The molecule has 126 valence electrons. The summed E-state index contributed by atoms with van der Waals surface area (Å²) in [4.78, 5) is 13.4. The zero-order chi connectivity index (χ0) is 17.5. The van der Waals surface area contributed by atoms with Crippen LogP contribution in [0.3, 0.4) is 0 Å². The lowest BCUT2D eigenvalue weighted by Crippen LogP contribution is -2.14. The summed E-state index contributed by atoms with van der Waals surface area (Å²) >= 11 is 1.81. The maximum Gasteiger partial charge on any atom is 0.228 e. The first kappa shape index (κ1) is 17.3. The van der Waals surface area contributed by atoms with Crippen LogP contribution >= 0.6 is 11.8 Å². The molecule has 0 saturated carbocycles. The summed E-state index contributed by atoms with van der Waals surface area (Å²) in [6, 6.07) is 26.5. The Kier molecular flexibility index (Phi) is 5.91. The Hall–Kier alpha value is -2.52. The fraction of sp³-hybridized carbons (Fsp3) is 0.136. The molecule has 0 radical (unpaired) electrons. The summed E-state index contributed by atoms with van der Waals surface area (Å²) < 4.78 is 0. The van der Waals surface area contributed by atoms with Gasteiger partial charge < -0.3 is 5.32 Å². The average molecular weight is 347 g/mol. The predicted molar refractivity (Wildman–Crippen MR) is 106 cm³/mol. The van der Waals surface area contributed by atoms with E-state index in [-0.39, 0.29) is 5.91 Å². The molecule has 0 aliphatic carbocycles. The van der Waals surface area contributed by atoms with Crippen LogP contribution in [0.2, 0.25) is 0 Å². The number of anilines is 1. The van der Waals surface area contributed by atoms with E-state index in [4.69, 9.17) is 0 Å². The van der Waals surface area contributed by atoms with Gasteiger partial charge in [-0.15, -0.1) is 11.8 Å². The molecule has 0 aliphatic rings. The Morgan fingerprint density at radius 3 is 2.16 bits per heavy atom. The fourth-order valence-corrected chi connectivity index (χ4v) is 3.34. The Balaban J connectivity index is 1.51. The monoisotopic (exact) mass is 347 g/mol. The van der Waals surface area contributed by atoms with Crippen LogP contribution in [0, 0.1) is 6.92 Å². The minimum atomic E-state index is 0.00950. The molecule has 0 aliphatic heterocycles. The standard InChI is InChI=1S/C22H21NOS/c1-17-7-9-18(10-8-17)15-22(24)23-20-13-11-19(12-14-20)16-25-21-5-3-2-4-6-21/h2-14H,15-16H2,1H3,(H,23,24). The second-order valence-corrected chi connectivity index (χ2v) is 7.06. The zero-order valence-corrected chi connectivity index (χ0v) is 15.1. The number of rotatable bonds is 6. The summed E-state index contributed by atoms with van der Waals surface area (Å²) in [6.07, 6.45) is 0.395. The van der Waals surface area contributed by atoms with Gasteiger partial charge in [0.1, 0.15) is 0 Å². The first-order chi connectivity index (χ1) is 12.2. The van der Waals surface area contributed by atoms with Crippen molar-refractivity contribution in [2.24, 2.45) is 0 Å². The molecule has 3 aromatic carbocycles. The lowest BCUT2D eigenvalue weighted by molar-refractivity contribution is -0.115. The lowest BCUT2D eigenvalue weighted by atomic mass is 10.1. The van der Waals surface area contributed by atoms with E-state index >= 15 is 0 Å². The lowest BCUT2D eigenvalue weighted by Gasteiger charge is -2.07. The molecule has 0 unspecified atom stereocenters. The molecule has 0 bridgehead atoms. The van der Waals surface area contributed by atoms with Crippen LogP contribution in [0.1, 0.15) is 16.7 Å². The van der Waals surface area contributed by atoms with Crippen LogP contribution in [0.25, 0.3) is 0 Å². The largest absolute Gasteiger partial charge is 0.326 e. The van der Waals surface area contributed by atoms with Crippen LogP contribution in [0.5, 0.6) is 0 Å². The van der Waals surface area contributed by atoms with Crippen molar-refractivity contribution < 1.29 is 4.79 Å². The van der Waals surface area contributed by atoms with E-state index < -0.39 is 0 Å². The summed E-state index contributed by atoms with van der Waals surface area (Å²) in [5.41, 5.74) is 4.31. The third-order valence-corrected chi connectivity index (χ3v) is 4.95. The molecule has 0 heterocycles. The van der Waals surface area contributed by atoms with Gasteiger partial charge in [-0.3, -0.25) is 4.79 Å². The minimum absolute atomic E-state index is 0.00950. The van der Waals surface area contributed by atoms with E-state index in [0.29, 0.717) is 6.42 Å². The van der Waals surface area contributed by atoms with E-state index in [1.165, 1.54) is 16.0 Å². The van der Waals surface area contributed by atoms with Crippen molar-refractivity contribution in [3.05, 3.63) is 95.6 Å². The molecule has 2 nitrogen and oxygen atoms in total. The molecule has 0 atom stereocenters. The molecule has 3 aromatic rings. The number of carbonyl (C=O) groups is 1. The molecule has 25 heavy (non-hydrogen) atoms. The number of hydrogen-bond acceptors (Lipinski definition) is 2. The Labute approximate surface area is 153 Å². The van der Waals surface area contributed by atoms with Crippen molar-refractivity contribution in [2.75, 3.05) is 5.32 Å². The fourth-order valence-electron chi connectivity index (χ4n) is 2.46. The third kappa shape index (κ3) is 5.50. The number of hydrogen-bond donors (Lipinski definition) is 1. The molecular weight excluding hydrogens is 326 g/mol. The van der Waals surface area contributed by atoms with Crippen LogP contribution in [0.15, 0.2) is 83.8 Å². The molecule has 3 heteroatoms. The third-order valence-electron chi connectivity index (χ3n) is 3.87. The Bertz CT molecular complexity index is 811. The van der Waals surface area contributed by atoms with Crippen LogP contribution < -0.4 is 5.32 Å². The van der Waals surface area contributed by atoms with Crippen molar-refractivity contribution in [3.8, 4) is 0 Å². The van der Waals surface area contributed by atoms with Gasteiger partial charge >= 0.3 is 0 Å². The second kappa shape index (κ2) is 8.54. The second-order valence-electron chi connectivity index (χ2n) is 6.01. The first-order valence-corrected chi connectivity index (χ1v) is 9.30. The highest BCUT2D eigenvalue weighted by atomic mass is 32.2. The minimum Gasteiger partial charge on any atom is -0.326 e. The smallest absolute Gasteiger partial charge is 0.228 e. The number of carbonyl (C=O) groups excluding carboxylic acids is 1. The van der Waals surface area contributed by atoms with E-state index in [9.17, 15) is 4.79 Å². The van der Waals surface area contributed by atoms with Gasteiger partial charge in [-0.25, -0.2) is 0 Å². The quantitative estimate of drug-likeness (QED) is 0.599. The summed E-state index contributed by atoms with van der Waals surface area (Å²) in [7, 11) is 0. The summed E-state index contributed by atoms with van der Waals surface area (Å²) in [5.74, 6) is 0.928. The normalized spacial score (nSPS) is 10.4. The molecular formula is C22H21NOS. The highest BCUT2D eigenvalue weighted by molar-refractivity contribution is 7.98. The van der Waals surface area contributed by atoms with Crippen molar-refractivity contribution in [1.29, 1.82) is 0 Å². The van der Waals surface area contributed by atoms with Gasteiger partial charge in [-0.2, -0.15) is 0 Å². The molecule has 1 amide bonds. The first-order valence-electron chi connectivity index (χ1n) is 8.31. The Morgan fingerprint density at radius 2 is 1.48 bits per heavy atom. The summed E-state index contributed by atoms with van der Waals surface area (Å²) in [5, 5.41) is 2.96. The van der Waals surface area contributed by atoms with Crippen LogP contribution in [-0.4, -0.2) is 5.91 Å². The molecule has 0 fully saturated rings. The highest BCUT2D eigenvalue weighted by Gasteiger charge is 2.04. The van der Waals surface area contributed by atoms with Gasteiger partial charge in [0.25, 0.3) is 0 Å². The van der Waals surface area contributed by atoms with Crippen molar-refractivity contribution in [2.45, 2.75) is 24.0 Å². The molecule has 1 N–H and O–H groups in total. The number of amides is 1. The molecule has 3 rings (SSSR count). The molecule has 0 saturated heterocycles. The van der Waals surface area contributed by atoms with E-state index in [0.717, 1.165) is 17.0 Å². The Morgan fingerprint density at radius 1 is 0.840 bits per heavy atom. The number of benzene rings is 3. The zero-order valence-electron chi connectivity index (χ0n) is 14.2. The number of nitrogens with one attached hydrogen (secondary N) is 1. The number of aryl methyl sites for hydroxylation is 1. The predicted octanol–water partition coefficient (Wildman–Crippen LogP) is 5.47. The van der Waals surface area contributed by atoms with Gasteiger partial charge in [-0.1, -0.05) is 60.2 Å². The maximum absolute atomic E-state index is 12.1. The summed E-state index contributed by atoms with van der Waals surface area (Å²) in [6.45, 7) is 2.04. The maximum atomic E-state index is 12.1. The van der Waals surface area contributed by atoms with E-state index in [1.54, 1.807) is 0 Å². The van der Waals surface area contributed by atoms with Gasteiger partial charge in [0.15, 0.2) is 0 Å².